The van der Waals surface area contributed by atoms with Crippen molar-refractivity contribution in [2.24, 2.45) is 0 Å². The fraction of sp³-hybridized carbons (Fsp3) is 0.417. The molecule has 1 rings (SSSR count). The van der Waals surface area contributed by atoms with Crippen LogP contribution in [0.3, 0.4) is 0 Å². The van der Waals surface area contributed by atoms with Crippen LogP contribution < -0.4 is 0 Å². The van der Waals surface area contributed by atoms with Crippen LogP contribution in [0.15, 0.2) is 18.2 Å². The van der Waals surface area contributed by atoms with E-state index in [1.54, 1.807) is 0 Å². The lowest BCUT2D eigenvalue weighted by Gasteiger charge is -2.19. The van der Waals surface area contributed by atoms with Gasteiger partial charge >= 0.3 is 0 Å². The number of carbonyl (C=O) groups excluding carboxylic acids is 1. The number of carbonyl (C=O) groups is 1. The van der Waals surface area contributed by atoms with Crippen LogP contribution in [-0.4, -0.2) is 48.5 Å². The van der Waals surface area contributed by atoms with E-state index in [9.17, 15) is 22.4 Å². The molecule has 0 atom stereocenters. The maximum absolute atomic E-state index is 13.3. The molecule has 0 unspecified atom stereocenters. The Morgan fingerprint density at radius 2 is 2.00 bits per heavy atom. The predicted octanol–water partition coefficient (Wildman–Crippen LogP) is 1.71. The van der Waals surface area contributed by atoms with Gasteiger partial charge in [-0.3, -0.25) is 9.69 Å². The Morgan fingerprint density at radius 1 is 1.32 bits per heavy atom. The monoisotopic (exact) mass is 279 g/mol. The fourth-order valence-corrected chi connectivity index (χ4v) is 1.58. The van der Waals surface area contributed by atoms with Crippen LogP contribution >= 0.6 is 0 Å². The lowest BCUT2D eigenvalue weighted by atomic mass is 10.1. The number of aliphatic hydroxyl groups excluding tert-OH is 1. The summed E-state index contributed by atoms with van der Waals surface area (Å²) in [7, 11) is 0. The Hall–Kier alpha value is -1.47. The summed E-state index contributed by atoms with van der Waals surface area (Å²) in [6.07, 6.45) is -2.67. The molecule has 0 amide bonds. The van der Waals surface area contributed by atoms with Gasteiger partial charge in [0.2, 0.25) is 0 Å². The lowest BCUT2D eigenvalue weighted by molar-refractivity contribution is 0.0687. The summed E-state index contributed by atoms with van der Waals surface area (Å²) < 4.78 is 50.5. The molecule has 106 valence electrons. The van der Waals surface area contributed by atoms with Gasteiger partial charge in [-0.25, -0.2) is 17.6 Å². The van der Waals surface area contributed by atoms with Crippen molar-refractivity contribution in [3.63, 3.8) is 0 Å². The van der Waals surface area contributed by atoms with Gasteiger partial charge in [0.05, 0.1) is 25.3 Å². The van der Waals surface area contributed by atoms with E-state index < -0.39 is 43.5 Å². The molecule has 0 aromatic heterocycles. The van der Waals surface area contributed by atoms with E-state index >= 15 is 0 Å². The van der Waals surface area contributed by atoms with Crippen LogP contribution in [-0.2, 0) is 0 Å². The van der Waals surface area contributed by atoms with E-state index in [0.717, 1.165) is 17.0 Å². The van der Waals surface area contributed by atoms with Gasteiger partial charge in [-0.2, -0.15) is 0 Å². The average molecular weight is 279 g/mol. The molecule has 1 aromatic carbocycles. The number of aliphatic hydroxyl groups is 1. The van der Waals surface area contributed by atoms with Crippen LogP contribution in [0.4, 0.5) is 17.6 Å². The summed E-state index contributed by atoms with van der Waals surface area (Å²) >= 11 is 0. The quantitative estimate of drug-likeness (QED) is 0.610. The van der Waals surface area contributed by atoms with E-state index in [1.807, 2.05) is 0 Å². The van der Waals surface area contributed by atoms with E-state index in [1.165, 1.54) is 0 Å². The molecule has 0 saturated carbocycles. The van der Waals surface area contributed by atoms with E-state index in [-0.39, 0.29) is 12.1 Å². The molecule has 0 aliphatic heterocycles. The van der Waals surface area contributed by atoms with Crippen LogP contribution in [0.2, 0.25) is 0 Å². The minimum Gasteiger partial charge on any atom is -0.395 e. The largest absolute Gasteiger partial charge is 0.395 e. The van der Waals surface area contributed by atoms with E-state index in [0.29, 0.717) is 6.07 Å². The first kappa shape index (κ1) is 15.6. The van der Waals surface area contributed by atoms with Crippen LogP contribution in [0.1, 0.15) is 10.4 Å². The van der Waals surface area contributed by atoms with Gasteiger partial charge in [-0.15, -0.1) is 0 Å². The second-order valence-corrected chi connectivity index (χ2v) is 3.90. The SMILES string of the molecule is O=C(CN(CCO)CC(F)F)c1ccc(F)cc1F. The average Bonchev–Trinajstić information content (AvgIpc) is 2.27. The Morgan fingerprint density at radius 3 is 2.53 bits per heavy atom. The van der Waals surface area contributed by atoms with Crippen molar-refractivity contribution in [2.45, 2.75) is 6.43 Å². The number of alkyl halides is 2. The zero-order valence-corrected chi connectivity index (χ0v) is 9.95. The smallest absolute Gasteiger partial charge is 0.251 e. The number of Topliss-reactive ketones (excluding diaryl/α,β-unsaturated/α-hetero) is 1. The minimum atomic E-state index is -2.67. The molecule has 0 spiro atoms. The first-order valence-corrected chi connectivity index (χ1v) is 5.53. The number of hydrogen-bond acceptors (Lipinski definition) is 3. The molecular formula is C12H13F4NO2. The third-order valence-electron chi connectivity index (χ3n) is 2.41. The third-order valence-corrected chi connectivity index (χ3v) is 2.41. The molecule has 19 heavy (non-hydrogen) atoms. The molecule has 0 heterocycles. The highest BCUT2D eigenvalue weighted by molar-refractivity contribution is 5.97. The Kier molecular flexibility index (Phi) is 5.91. The highest BCUT2D eigenvalue weighted by Gasteiger charge is 2.18. The van der Waals surface area contributed by atoms with Crippen LogP contribution in [0, 0.1) is 11.6 Å². The summed E-state index contributed by atoms with van der Waals surface area (Å²) in [5.41, 5.74) is -0.362. The van der Waals surface area contributed by atoms with Gasteiger partial charge in [0.1, 0.15) is 11.6 Å². The van der Waals surface area contributed by atoms with Crippen molar-refractivity contribution in [3.8, 4) is 0 Å². The van der Waals surface area contributed by atoms with E-state index in [2.05, 4.69) is 0 Å². The zero-order chi connectivity index (χ0) is 14.4. The first-order chi connectivity index (χ1) is 8.93. The number of ketones is 1. The van der Waals surface area contributed by atoms with Crippen LogP contribution in [0.25, 0.3) is 0 Å². The van der Waals surface area contributed by atoms with Gasteiger partial charge in [-0.1, -0.05) is 0 Å². The number of nitrogens with zero attached hydrogens (tertiary/aromatic N) is 1. The van der Waals surface area contributed by atoms with Gasteiger partial charge in [-0.05, 0) is 12.1 Å². The molecule has 3 nitrogen and oxygen atoms in total. The fourth-order valence-electron chi connectivity index (χ4n) is 1.58. The number of hydrogen-bond donors (Lipinski definition) is 1. The Balaban J connectivity index is 2.75. The molecule has 1 N–H and O–H groups in total. The molecular weight excluding hydrogens is 266 g/mol. The minimum absolute atomic E-state index is 0.126. The van der Waals surface area contributed by atoms with Gasteiger partial charge in [0, 0.05) is 12.6 Å². The van der Waals surface area contributed by atoms with Crippen molar-refractivity contribution in [3.05, 3.63) is 35.4 Å². The van der Waals surface area contributed by atoms with Crippen molar-refractivity contribution < 1.29 is 27.5 Å². The molecule has 1 aromatic rings. The zero-order valence-electron chi connectivity index (χ0n) is 9.95. The maximum atomic E-state index is 13.3. The standard InChI is InChI=1S/C12H13F4NO2/c13-8-1-2-9(10(14)5-8)11(19)6-17(3-4-18)7-12(15)16/h1-2,5,12,18H,3-4,6-7H2. The Labute approximate surface area is 107 Å². The predicted molar refractivity (Wildman–Crippen MR) is 60.2 cm³/mol. The van der Waals surface area contributed by atoms with Gasteiger partial charge in [0.25, 0.3) is 6.43 Å². The van der Waals surface area contributed by atoms with Crippen molar-refractivity contribution in [2.75, 3.05) is 26.2 Å². The maximum Gasteiger partial charge on any atom is 0.251 e. The highest BCUT2D eigenvalue weighted by atomic mass is 19.3. The van der Waals surface area contributed by atoms with Crippen LogP contribution in [0.5, 0.6) is 0 Å². The molecule has 0 radical (unpaired) electrons. The van der Waals surface area contributed by atoms with Gasteiger partial charge in [0.15, 0.2) is 5.78 Å². The summed E-state index contributed by atoms with van der Waals surface area (Å²) in [5.74, 6) is -2.61. The summed E-state index contributed by atoms with van der Waals surface area (Å²) in [6.45, 7) is -1.69. The second kappa shape index (κ2) is 7.20. The van der Waals surface area contributed by atoms with E-state index in [4.69, 9.17) is 5.11 Å². The van der Waals surface area contributed by atoms with Crippen molar-refractivity contribution >= 4 is 5.78 Å². The normalized spacial score (nSPS) is 11.3. The summed E-state index contributed by atoms with van der Waals surface area (Å²) in [5, 5.41) is 8.70. The topological polar surface area (TPSA) is 40.5 Å². The molecule has 0 aliphatic rings. The number of benzene rings is 1. The van der Waals surface area contributed by atoms with Gasteiger partial charge < -0.3 is 5.11 Å². The molecule has 7 heteroatoms. The molecule has 0 saturated heterocycles. The third kappa shape index (κ3) is 4.96. The molecule has 0 bridgehead atoms. The molecule has 0 fully saturated rings. The molecule has 0 aliphatic carbocycles. The lowest BCUT2D eigenvalue weighted by Crippen LogP contribution is -2.36. The Bertz CT molecular complexity index is 440. The number of halogens is 4. The number of rotatable bonds is 7. The van der Waals surface area contributed by atoms with Crippen molar-refractivity contribution in [1.29, 1.82) is 0 Å². The van der Waals surface area contributed by atoms with Crippen molar-refractivity contribution in [1.82, 2.24) is 4.90 Å². The highest BCUT2D eigenvalue weighted by Crippen LogP contribution is 2.11. The summed E-state index contributed by atoms with van der Waals surface area (Å²) in [6, 6.07) is 2.43. The summed E-state index contributed by atoms with van der Waals surface area (Å²) in [4.78, 5) is 12.7. The second-order valence-electron chi connectivity index (χ2n) is 3.90. The first-order valence-electron chi connectivity index (χ1n) is 5.53.